The van der Waals surface area contributed by atoms with Crippen LogP contribution in [0.5, 0.6) is 0 Å². The molecule has 2 rings (SSSR count). The van der Waals surface area contributed by atoms with Crippen LogP contribution >= 0.6 is 11.6 Å². The summed E-state index contributed by atoms with van der Waals surface area (Å²) in [6.07, 6.45) is 0.576. The van der Waals surface area contributed by atoms with E-state index < -0.39 is 48.2 Å². The Morgan fingerprint density at radius 2 is 1.68 bits per heavy atom. The second kappa shape index (κ2) is 14.5. The summed E-state index contributed by atoms with van der Waals surface area (Å²) >= 11 is 6.43. The molecule has 0 aliphatic carbocycles. The lowest BCUT2D eigenvalue weighted by atomic mass is 9.96. The number of ether oxygens (including phenoxy) is 1. The van der Waals surface area contributed by atoms with Crippen molar-refractivity contribution >= 4 is 35.2 Å². The van der Waals surface area contributed by atoms with Crippen LogP contribution in [0.2, 0.25) is 5.02 Å². The SMILES string of the molecule is Cc1cccc(C(C(=O)Nc2c(C)cccc2Cl)N(C(=O)C(CO)NC(=O)OC(C)(C)C)C(C)CCC(C)C)c1. The molecule has 3 N–H and O–H groups in total. The third-order valence-electron chi connectivity index (χ3n) is 6.42. The lowest BCUT2D eigenvalue weighted by Crippen LogP contribution is -2.56. The molecule has 3 unspecified atom stereocenters. The highest BCUT2D eigenvalue weighted by atomic mass is 35.5. The van der Waals surface area contributed by atoms with Gasteiger partial charge in [0.05, 0.1) is 17.3 Å². The third-order valence-corrected chi connectivity index (χ3v) is 6.73. The van der Waals surface area contributed by atoms with Gasteiger partial charge in [0.1, 0.15) is 17.7 Å². The Bertz CT molecular complexity index is 1160. The fourth-order valence-corrected chi connectivity index (χ4v) is 4.66. The molecule has 0 bridgehead atoms. The smallest absolute Gasteiger partial charge is 0.408 e. The van der Waals surface area contributed by atoms with Crippen molar-refractivity contribution in [3.05, 3.63) is 64.2 Å². The van der Waals surface area contributed by atoms with Crippen molar-refractivity contribution in [2.75, 3.05) is 11.9 Å². The molecule has 0 fully saturated rings. The van der Waals surface area contributed by atoms with Crippen molar-refractivity contribution in [3.63, 3.8) is 0 Å². The number of anilines is 1. The van der Waals surface area contributed by atoms with Gasteiger partial charge in [-0.05, 0) is 77.5 Å². The third kappa shape index (κ3) is 9.52. The van der Waals surface area contributed by atoms with E-state index in [4.69, 9.17) is 16.3 Å². The van der Waals surface area contributed by atoms with Gasteiger partial charge in [0.15, 0.2) is 0 Å². The van der Waals surface area contributed by atoms with Crippen LogP contribution in [0.3, 0.4) is 0 Å². The molecule has 0 spiro atoms. The zero-order chi connectivity index (χ0) is 30.2. The summed E-state index contributed by atoms with van der Waals surface area (Å²) in [7, 11) is 0. The number of nitrogens with zero attached hydrogens (tertiary/aromatic N) is 1. The van der Waals surface area contributed by atoms with Crippen molar-refractivity contribution in [2.24, 2.45) is 5.92 Å². The number of para-hydroxylation sites is 1. The van der Waals surface area contributed by atoms with Crippen LogP contribution in [0.25, 0.3) is 0 Å². The van der Waals surface area contributed by atoms with Gasteiger partial charge in [0, 0.05) is 6.04 Å². The predicted octanol–water partition coefficient (Wildman–Crippen LogP) is 6.18. The quantitative estimate of drug-likeness (QED) is 0.298. The first kappa shape index (κ1) is 33.1. The summed E-state index contributed by atoms with van der Waals surface area (Å²) in [6.45, 7) is 14.2. The van der Waals surface area contributed by atoms with E-state index in [1.54, 1.807) is 39.0 Å². The maximum Gasteiger partial charge on any atom is 0.408 e. The summed E-state index contributed by atoms with van der Waals surface area (Å²) in [5, 5.41) is 16.0. The van der Waals surface area contributed by atoms with E-state index >= 15 is 0 Å². The van der Waals surface area contributed by atoms with Gasteiger partial charge < -0.3 is 25.4 Å². The molecule has 0 radical (unpaired) electrons. The van der Waals surface area contributed by atoms with Gasteiger partial charge in [0.25, 0.3) is 5.91 Å². The summed E-state index contributed by atoms with van der Waals surface area (Å²) < 4.78 is 5.33. The number of hydrogen-bond acceptors (Lipinski definition) is 5. The fraction of sp³-hybridized carbons (Fsp3) is 0.516. The number of aliphatic hydroxyl groups excluding tert-OH is 1. The Balaban J connectivity index is 2.61. The molecule has 3 atom stereocenters. The number of carbonyl (C=O) groups excluding carboxylic acids is 3. The second-order valence-electron chi connectivity index (χ2n) is 11.7. The Morgan fingerprint density at radius 1 is 1.02 bits per heavy atom. The molecular weight excluding hydrogens is 530 g/mol. The van der Waals surface area contributed by atoms with E-state index in [2.05, 4.69) is 24.5 Å². The highest BCUT2D eigenvalue weighted by molar-refractivity contribution is 6.34. The lowest BCUT2D eigenvalue weighted by molar-refractivity contribution is -0.144. The van der Waals surface area contributed by atoms with Crippen LogP contribution in [0.1, 0.15) is 77.1 Å². The maximum absolute atomic E-state index is 14.1. The Hall–Kier alpha value is -3.10. The second-order valence-corrected chi connectivity index (χ2v) is 12.1. The van der Waals surface area contributed by atoms with Gasteiger partial charge in [-0.1, -0.05) is 67.4 Å². The molecule has 220 valence electrons. The zero-order valence-electron chi connectivity index (χ0n) is 24.9. The van der Waals surface area contributed by atoms with Gasteiger partial charge in [-0.25, -0.2) is 4.79 Å². The van der Waals surface area contributed by atoms with Crippen LogP contribution in [-0.4, -0.2) is 52.2 Å². The molecule has 0 aliphatic rings. The number of halogens is 1. The summed E-state index contributed by atoms with van der Waals surface area (Å²) in [5.74, 6) is -0.687. The molecular formula is C31H44ClN3O5. The first-order valence-electron chi connectivity index (χ1n) is 13.7. The number of amides is 3. The minimum absolute atomic E-state index is 0.366. The Labute approximate surface area is 243 Å². The van der Waals surface area contributed by atoms with Crippen LogP contribution < -0.4 is 10.6 Å². The van der Waals surface area contributed by atoms with Gasteiger partial charge in [0.2, 0.25) is 5.91 Å². The topological polar surface area (TPSA) is 108 Å². The van der Waals surface area contributed by atoms with Gasteiger partial charge >= 0.3 is 6.09 Å². The van der Waals surface area contributed by atoms with Crippen molar-refractivity contribution in [2.45, 2.75) is 92.0 Å². The lowest BCUT2D eigenvalue weighted by Gasteiger charge is -2.38. The van der Waals surface area contributed by atoms with Crippen LogP contribution in [0, 0.1) is 19.8 Å². The Kier molecular flexibility index (Phi) is 12.0. The average Bonchev–Trinajstić information content (AvgIpc) is 2.85. The highest BCUT2D eigenvalue weighted by Crippen LogP contribution is 2.31. The van der Waals surface area contributed by atoms with Crippen molar-refractivity contribution in [1.29, 1.82) is 0 Å². The van der Waals surface area contributed by atoms with E-state index in [1.165, 1.54) is 4.90 Å². The summed E-state index contributed by atoms with van der Waals surface area (Å²) in [6, 6.07) is 9.91. The largest absolute Gasteiger partial charge is 0.444 e. The number of alkyl carbamates (subject to hydrolysis) is 1. The molecule has 0 heterocycles. The van der Waals surface area contributed by atoms with E-state index in [1.807, 2.05) is 45.0 Å². The molecule has 0 saturated carbocycles. The molecule has 0 aromatic heterocycles. The van der Waals surface area contributed by atoms with E-state index in [0.29, 0.717) is 28.6 Å². The summed E-state index contributed by atoms with van der Waals surface area (Å²) in [5.41, 5.74) is 1.95. The molecule has 0 aliphatic heterocycles. The molecule has 2 aromatic rings. The summed E-state index contributed by atoms with van der Waals surface area (Å²) in [4.78, 5) is 42.3. The van der Waals surface area contributed by atoms with Crippen LogP contribution in [0.4, 0.5) is 10.5 Å². The fourth-order valence-electron chi connectivity index (χ4n) is 4.39. The van der Waals surface area contributed by atoms with Gasteiger partial charge in [-0.3, -0.25) is 9.59 Å². The standard InChI is InChI=1S/C31H44ClN3O5/c1-19(2)15-16-22(5)35(29(38)25(18-36)33-30(39)40-31(6,7)8)27(23-13-9-11-20(3)17-23)28(37)34-26-21(4)12-10-14-24(26)32/h9-14,17,19,22,25,27,36H,15-16,18H2,1-8H3,(H,33,39)(H,34,37). The number of carbonyl (C=O) groups is 3. The minimum Gasteiger partial charge on any atom is -0.444 e. The zero-order valence-corrected chi connectivity index (χ0v) is 25.6. The molecule has 40 heavy (non-hydrogen) atoms. The predicted molar refractivity (Wildman–Crippen MR) is 159 cm³/mol. The molecule has 3 amide bonds. The van der Waals surface area contributed by atoms with E-state index in [-0.39, 0.29) is 0 Å². The number of hydrogen-bond donors (Lipinski definition) is 3. The monoisotopic (exact) mass is 573 g/mol. The number of benzene rings is 2. The molecule has 0 saturated heterocycles. The molecule has 2 aromatic carbocycles. The molecule has 8 nitrogen and oxygen atoms in total. The number of aliphatic hydroxyl groups is 1. The first-order chi connectivity index (χ1) is 18.6. The van der Waals surface area contributed by atoms with Crippen LogP contribution in [0.15, 0.2) is 42.5 Å². The van der Waals surface area contributed by atoms with Gasteiger partial charge in [-0.15, -0.1) is 0 Å². The maximum atomic E-state index is 14.1. The number of nitrogens with one attached hydrogen (secondary N) is 2. The number of rotatable bonds is 11. The first-order valence-corrected chi connectivity index (χ1v) is 14.1. The van der Waals surface area contributed by atoms with Crippen molar-refractivity contribution in [1.82, 2.24) is 10.2 Å². The van der Waals surface area contributed by atoms with Gasteiger partial charge in [-0.2, -0.15) is 0 Å². The van der Waals surface area contributed by atoms with E-state index in [0.717, 1.165) is 17.5 Å². The minimum atomic E-state index is -1.32. The number of aryl methyl sites for hydroxylation is 2. The Morgan fingerprint density at radius 3 is 2.23 bits per heavy atom. The van der Waals surface area contributed by atoms with Crippen LogP contribution in [-0.2, 0) is 14.3 Å². The average molecular weight is 574 g/mol. The normalized spacial score (nSPS) is 13.8. The molecule has 9 heteroatoms. The highest BCUT2D eigenvalue weighted by Gasteiger charge is 2.39. The van der Waals surface area contributed by atoms with E-state index in [9.17, 15) is 19.5 Å². The van der Waals surface area contributed by atoms with Crippen molar-refractivity contribution in [3.8, 4) is 0 Å². The van der Waals surface area contributed by atoms with Crippen molar-refractivity contribution < 1.29 is 24.2 Å².